The monoisotopic (exact) mass is 305 g/mol. The summed E-state index contributed by atoms with van der Waals surface area (Å²) in [5.41, 5.74) is 2.73. The molecule has 0 aliphatic heterocycles. The first-order valence-electron chi connectivity index (χ1n) is 8.08. The van der Waals surface area contributed by atoms with Crippen molar-refractivity contribution < 1.29 is 4.79 Å². The molecular formula is C19H19N3O. The summed E-state index contributed by atoms with van der Waals surface area (Å²) in [6.07, 6.45) is 5.11. The number of aromatic nitrogens is 2. The van der Waals surface area contributed by atoms with Gasteiger partial charge in [-0.2, -0.15) is 0 Å². The van der Waals surface area contributed by atoms with Crippen LogP contribution in [0.3, 0.4) is 0 Å². The highest BCUT2D eigenvalue weighted by atomic mass is 16.1. The van der Waals surface area contributed by atoms with Gasteiger partial charge in [-0.3, -0.25) is 9.69 Å². The highest BCUT2D eigenvalue weighted by Gasteiger charge is 2.42. The predicted octanol–water partition coefficient (Wildman–Crippen LogP) is 4.00. The summed E-state index contributed by atoms with van der Waals surface area (Å²) in [7, 11) is 0. The Hall–Kier alpha value is -2.62. The van der Waals surface area contributed by atoms with Crippen LogP contribution in [0.5, 0.6) is 0 Å². The molecule has 4 heteroatoms. The van der Waals surface area contributed by atoms with Crippen LogP contribution in [-0.4, -0.2) is 16.4 Å². The average Bonchev–Trinajstić information content (AvgIpc) is 3.24. The van der Waals surface area contributed by atoms with E-state index in [0.717, 1.165) is 43.1 Å². The van der Waals surface area contributed by atoms with Crippen LogP contribution in [0.2, 0.25) is 0 Å². The molecule has 3 aromatic rings. The van der Waals surface area contributed by atoms with Crippen molar-refractivity contribution in [2.75, 3.05) is 4.90 Å². The summed E-state index contributed by atoms with van der Waals surface area (Å²) < 4.78 is 0. The molecule has 1 aliphatic carbocycles. The van der Waals surface area contributed by atoms with Crippen molar-refractivity contribution in [1.82, 2.24) is 9.97 Å². The Bertz CT molecular complexity index is 786. The molecule has 1 amide bonds. The van der Waals surface area contributed by atoms with Gasteiger partial charge in [0.2, 0.25) is 12.4 Å². The summed E-state index contributed by atoms with van der Waals surface area (Å²) in [4.78, 5) is 21.8. The molecule has 1 heterocycles. The first-order chi connectivity index (χ1) is 11.3. The van der Waals surface area contributed by atoms with Gasteiger partial charge in [-0.05, 0) is 30.5 Å². The molecule has 1 aromatic heterocycles. The van der Waals surface area contributed by atoms with Gasteiger partial charge in [0.25, 0.3) is 0 Å². The first kappa shape index (κ1) is 14.0. The van der Waals surface area contributed by atoms with E-state index in [-0.39, 0.29) is 5.54 Å². The minimum absolute atomic E-state index is 0.295. The maximum absolute atomic E-state index is 12.0. The number of hydrogen-bond acceptors (Lipinski definition) is 2. The molecule has 1 aliphatic rings. The zero-order chi connectivity index (χ0) is 15.7. The number of rotatable bonds is 4. The Morgan fingerprint density at radius 1 is 1.00 bits per heavy atom. The van der Waals surface area contributed by atoms with Gasteiger partial charge in [0, 0.05) is 0 Å². The number of fused-ring (bicyclic) bond motifs is 1. The van der Waals surface area contributed by atoms with Crippen LogP contribution in [0.25, 0.3) is 11.0 Å². The summed E-state index contributed by atoms with van der Waals surface area (Å²) in [6.45, 7) is 0. The Morgan fingerprint density at radius 3 is 2.39 bits per heavy atom. The van der Waals surface area contributed by atoms with E-state index in [2.05, 4.69) is 22.1 Å². The third kappa shape index (κ3) is 2.22. The molecule has 1 saturated carbocycles. The lowest BCUT2D eigenvalue weighted by molar-refractivity contribution is -0.108. The normalized spacial score (nSPS) is 16.5. The molecule has 1 N–H and O–H groups in total. The molecule has 116 valence electrons. The third-order valence-electron chi connectivity index (χ3n) is 4.91. The van der Waals surface area contributed by atoms with Crippen LogP contribution in [0, 0.1) is 0 Å². The van der Waals surface area contributed by atoms with Gasteiger partial charge in [-0.25, -0.2) is 4.98 Å². The molecule has 4 nitrogen and oxygen atoms in total. The number of anilines is 1. The van der Waals surface area contributed by atoms with E-state index in [9.17, 15) is 4.79 Å². The van der Waals surface area contributed by atoms with E-state index in [0.29, 0.717) is 5.95 Å². The van der Waals surface area contributed by atoms with Gasteiger partial charge in [-0.15, -0.1) is 0 Å². The topological polar surface area (TPSA) is 49.0 Å². The van der Waals surface area contributed by atoms with Gasteiger partial charge >= 0.3 is 0 Å². The molecule has 0 unspecified atom stereocenters. The lowest BCUT2D eigenvalue weighted by Gasteiger charge is -2.37. The lowest BCUT2D eigenvalue weighted by Crippen LogP contribution is -2.44. The Kier molecular flexibility index (Phi) is 3.37. The number of carbonyl (C=O) groups excluding carboxylic acids is 1. The Morgan fingerprint density at radius 2 is 1.70 bits per heavy atom. The van der Waals surface area contributed by atoms with E-state index in [1.54, 1.807) is 4.90 Å². The van der Waals surface area contributed by atoms with E-state index < -0.39 is 0 Å². The number of nitrogens with zero attached hydrogens (tertiary/aromatic N) is 2. The predicted molar refractivity (Wildman–Crippen MR) is 91.2 cm³/mol. The smallest absolute Gasteiger partial charge is 0.217 e. The maximum Gasteiger partial charge on any atom is 0.217 e. The number of nitrogens with one attached hydrogen (secondary N) is 1. The van der Waals surface area contributed by atoms with Crippen molar-refractivity contribution in [3.8, 4) is 0 Å². The molecule has 4 rings (SSSR count). The first-order valence-corrected chi connectivity index (χ1v) is 8.08. The second-order valence-electron chi connectivity index (χ2n) is 6.16. The Balaban J connectivity index is 1.84. The van der Waals surface area contributed by atoms with Crippen molar-refractivity contribution in [2.45, 2.75) is 31.2 Å². The van der Waals surface area contributed by atoms with Gasteiger partial charge < -0.3 is 4.98 Å². The molecular weight excluding hydrogens is 286 g/mol. The van der Waals surface area contributed by atoms with E-state index >= 15 is 0 Å². The van der Waals surface area contributed by atoms with Crippen LogP contribution in [0.15, 0.2) is 54.6 Å². The summed E-state index contributed by atoms with van der Waals surface area (Å²) in [5.74, 6) is 0.631. The fourth-order valence-electron chi connectivity index (χ4n) is 3.78. The van der Waals surface area contributed by atoms with E-state index in [1.165, 1.54) is 5.56 Å². The molecule has 2 aromatic carbocycles. The standard InChI is InChI=1S/C19H19N3O/c23-14-22(18-20-16-10-4-5-11-17(16)21-18)19(12-6-7-13-19)15-8-2-1-3-9-15/h1-5,8-11,14H,6-7,12-13H2,(H,20,21). The van der Waals surface area contributed by atoms with Crippen LogP contribution in [0.4, 0.5) is 5.95 Å². The van der Waals surface area contributed by atoms with Gasteiger partial charge in [-0.1, -0.05) is 55.3 Å². The molecule has 23 heavy (non-hydrogen) atoms. The zero-order valence-corrected chi connectivity index (χ0v) is 12.9. The van der Waals surface area contributed by atoms with Crippen molar-refractivity contribution in [3.63, 3.8) is 0 Å². The van der Waals surface area contributed by atoms with Crippen LogP contribution < -0.4 is 4.90 Å². The second kappa shape index (κ2) is 5.54. The number of hydrogen-bond donors (Lipinski definition) is 1. The third-order valence-corrected chi connectivity index (χ3v) is 4.91. The summed E-state index contributed by atoms with van der Waals surface area (Å²) in [5, 5.41) is 0. The number of para-hydroxylation sites is 2. The Labute approximate surface area is 135 Å². The highest BCUT2D eigenvalue weighted by Crippen LogP contribution is 2.44. The quantitative estimate of drug-likeness (QED) is 0.741. The second-order valence-corrected chi connectivity index (χ2v) is 6.16. The summed E-state index contributed by atoms with van der Waals surface area (Å²) in [6, 6.07) is 18.2. The summed E-state index contributed by atoms with van der Waals surface area (Å²) >= 11 is 0. The molecule has 0 bridgehead atoms. The van der Waals surface area contributed by atoms with E-state index in [1.807, 2.05) is 42.5 Å². The number of imidazole rings is 1. The minimum atomic E-state index is -0.295. The fourth-order valence-corrected chi connectivity index (χ4v) is 3.78. The lowest BCUT2D eigenvalue weighted by atomic mass is 9.87. The zero-order valence-electron chi connectivity index (χ0n) is 12.9. The number of aromatic amines is 1. The molecule has 0 spiro atoms. The fraction of sp³-hybridized carbons (Fsp3) is 0.263. The van der Waals surface area contributed by atoms with Crippen LogP contribution >= 0.6 is 0 Å². The van der Waals surface area contributed by atoms with Crippen LogP contribution in [0.1, 0.15) is 31.2 Å². The van der Waals surface area contributed by atoms with E-state index in [4.69, 9.17) is 0 Å². The van der Waals surface area contributed by atoms with Gasteiger partial charge in [0.15, 0.2) is 0 Å². The molecule has 0 radical (unpaired) electrons. The highest BCUT2D eigenvalue weighted by molar-refractivity contribution is 5.82. The molecule has 1 fully saturated rings. The maximum atomic E-state index is 12.0. The van der Waals surface area contributed by atoms with Crippen molar-refractivity contribution in [3.05, 3.63) is 60.2 Å². The van der Waals surface area contributed by atoms with Crippen LogP contribution in [-0.2, 0) is 10.3 Å². The largest absolute Gasteiger partial charge is 0.324 e. The number of carbonyl (C=O) groups is 1. The molecule has 0 atom stereocenters. The van der Waals surface area contributed by atoms with Crippen molar-refractivity contribution in [1.29, 1.82) is 0 Å². The molecule has 0 saturated heterocycles. The minimum Gasteiger partial charge on any atom is -0.324 e. The number of benzene rings is 2. The van der Waals surface area contributed by atoms with Crippen molar-refractivity contribution >= 4 is 23.4 Å². The van der Waals surface area contributed by atoms with Gasteiger partial charge in [0.1, 0.15) is 0 Å². The number of amides is 1. The average molecular weight is 305 g/mol. The van der Waals surface area contributed by atoms with Crippen molar-refractivity contribution in [2.24, 2.45) is 0 Å². The SMILES string of the molecule is O=CN(c1nc2ccccc2[nH]1)C1(c2ccccc2)CCCC1. The van der Waals surface area contributed by atoms with Gasteiger partial charge in [0.05, 0.1) is 16.6 Å². The number of H-pyrrole nitrogens is 1.